The van der Waals surface area contributed by atoms with Gasteiger partial charge in [-0.1, -0.05) is 66.2 Å². The third-order valence-electron chi connectivity index (χ3n) is 5.84. The highest BCUT2D eigenvalue weighted by Crippen LogP contribution is 2.37. The van der Waals surface area contributed by atoms with Gasteiger partial charge in [0.15, 0.2) is 0 Å². The Morgan fingerprint density at radius 1 is 0.788 bits per heavy atom. The second-order valence-electron chi connectivity index (χ2n) is 8.15. The van der Waals surface area contributed by atoms with Crippen LogP contribution in [0.15, 0.2) is 90.6 Å². The second kappa shape index (κ2) is 8.02. The highest BCUT2D eigenvalue weighted by atomic mass is 19.1. The van der Waals surface area contributed by atoms with Gasteiger partial charge in [-0.2, -0.15) is 0 Å². The molecule has 1 N–H and O–H groups in total. The Balaban J connectivity index is 1.69. The van der Waals surface area contributed by atoms with Crippen LogP contribution in [0.5, 0.6) is 0 Å². The third kappa shape index (κ3) is 3.57. The van der Waals surface area contributed by atoms with Crippen molar-refractivity contribution < 1.29 is 14.0 Å². The van der Waals surface area contributed by atoms with Crippen molar-refractivity contribution in [3.05, 3.63) is 113 Å². The number of imide groups is 1. The molecule has 4 nitrogen and oxygen atoms in total. The molecule has 0 unspecified atom stereocenters. The van der Waals surface area contributed by atoms with Crippen molar-refractivity contribution in [3.8, 4) is 0 Å². The summed E-state index contributed by atoms with van der Waals surface area (Å²) in [5.41, 5.74) is 3.92. The lowest BCUT2D eigenvalue weighted by Gasteiger charge is -2.18. The highest BCUT2D eigenvalue weighted by molar-refractivity contribution is 6.47. The van der Waals surface area contributed by atoms with Crippen molar-refractivity contribution in [1.82, 2.24) is 0 Å². The number of nitrogens with one attached hydrogen (secondary N) is 1. The standard InChI is InChI=1S/C28H21FN2O2/c1-17-13-14-22(18(2)15-17)25-26(30-21-10-6-9-20(29)16-21)28(33)31(27(25)32)24-12-5-8-19-7-3-4-11-23(19)24/h3-16,30H,1-2H3. The van der Waals surface area contributed by atoms with E-state index < -0.39 is 17.6 Å². The number of halogens is 1. The van der Waals surface area contributed by atoms with Gasteiger partial charge in [-0.25, -0.2) is 9.29 Å². The number of aryl methyl sites for hydroxylation is 2. The summed E-state index contributed by atoms with van der Waals surface area (Å²) < 4.78 is 13.8. The van der Waals surface area contributed by atoms with E-state index in [1.165, 1.54) is 17.0 Å². The van der Waals surface area contributed by atoms with E-state index in [0.29, 0.717) is 16.9 Å². The van der Waals surface area contributed by atoms with E-state index in [1.807, 2.05) is 68.4 Å². The summed E-state index contributed by atoms with van der Waals surface area (Å²) in [7, 11) is 0. The van der Waals surface area contributed by atoms with Gasteiger partial charge in [0, 0.05) is 11.1 Å². The lowest BCUT2D eigenvalue weighted by Crippen LogP contribution is -2.32. The first-order valence-corrected chi connectivity index (χ1v) is 10.6. The van der Waals surface area contributed by atoms with Gasteiger partial charge >= 0.3 is 0 Å². The van der Waals surface area contributed by atoms with E-state index in [1.54, 1.807) is 18.2 Å². The Hall–Kier alpha value is -4.25. The molecule has 0 aliphatic carbocycles. The van der Waals surface area contributed by atoms with Gasteiger partial charge in [-0.15, -0.1) is 0 Å². The number of fused-ring (bicyclic) bond motifs is 1. The quantitative estimate of drug-likeness (QED) is 0.400. The topological polar surface area (TPSA) is 49.4 Å². The lowest BCUT2D eigenvalue weighted by molar-refractivity contribution is -0.120. The van der Waals surface area contributed by atoms with Crippen LogP contribution in [-0.2, 0) is 9.59 Å². The molecule has 4 aromatic carbocycles. The number of carbonyl (C=O) groups excluding carboxylic acids is 2. The Labute approximate surface area is 191 Å². The Morgan fingerprint density at radius 3 is 2.33 bits per heavy atom. The van der Waals surface area contributed by atoms with E-state index >= 15 is 0 Å². The fourth-order valence-corrected chi connectivity index (χ4v) is 4.32. The zero-order valence-corrected chi connectivity index (χ0v) is 18.2. The van der Waals surface area contributed by atoms with E-state index in [9.17, 15) is 14.0 Å². The molecule has 162 valence electrons. The molecule has 5 rings (SSSR count). The minimum atomic E-state index is -0.476. The highest BCUT2D eigenvalue weighted by Gasteiger charge is 2.41. The molecule has 33 heavy (non-hydrogen) atoms. The fourth-order valence-electron chi connectivity index (χ4n) is 4.32. The van der Waals surface area contributed by atoms with Crippen molar-refractivity contribution in [2.24, 2.45) is 0 Å². The maximum Gasteiger partial charge on any atom is 0.282 e. The van der Waals surface area contributed by atoms with Crippen molar-refractivity contribution in [2.45, 2.75) is 13.8 Å². The second-order valence-corrected chi connectivity index (χ2v) is 8.15. The third-order valence-corrected chi connectivity index (χ3v) is 5.84. The molecule has 1 aliphatic rings. The summed E-state index contributed by atoms with van der Waals surface area (Å²) in [6.07, 6.45) is 0. The Bertz CT molecular complexity index is 1470. The van der Waals surface area contributed by atoms with Gasteiger partial charge in [0.2, 0.25) is 0 Å². The smallest absolute Gasteiger partial charge is 0.282 e. The van der Waals surface area contributed by atoms with Gasteiger partial charge in [0.25, 0.3) is 11.8 Å². The minimum absolute atomic E-state index is 0.130. The van der Waals surface area contributed by atoms with Gasteiger partial charge in [0.1, 0.15) is 11.5 Å². The lowest BCUT2D eigenvalue weighted by atomic mass is 9.97. The maximum absolute atomic E-state index is 13.8. The first-order valence-electron chi connectivity index (χ1n) is 10.6. The van der Waals surface area contributed by atoms with Crippen LogP contribution in [0.3, 0.4) is 0 Å². The number of anilines is 2. The van der Waals surface area contributed by atoms with E-state index in [4.69, 9.17) is 0 Å². The van der Waals surface area contributed by atoms with Crippen LogP contribution in [-0.4, -0.2) is 11.8 Å². The zero-order valence-electron chi connectivity index (χ0n) is 18.2. The van der Waals surface area contributed by atoms with Crippen LogP contribution in [0.4, 0.5) is 15.8 Å². The number of amides is 2. The molecule has 0 saturated heterocycles. The number of nitrogens with zero attached hydrogens (tertiary/aromatic N) is 1. The molecule has 0 atom stereocenters. The molecule has 1 heterocycles. The predicted molar refractivity (Wildman–Crippen MR) is 129 cm³/mol. The first-order chi connectivity index (χ1) is 15.9. The molecule has 0 fully saturated rings. The molecule has 0 saturated carbocycles. The number of benzene rings is 4. The molecule has 0 radical (unpaired) electrons. The Morgan fingerprint density at radius 2 is 1.55 bits per heavy atom. The predicted octanol–water partition coefficient (Wildman–Crippen LogP) is 5.99. The summed E-state index contributed by atoms with van der Waals surface area (Å²) in [6, 6.07) is 24.7. The summed E-state index contributed by atoms with van der Waals surface area (Å²) >= 11 is 0. The van der Waals surface area contributed by atoms with Crippen molar-refractivity contribution >= 4 is 39.5 Å². The zero-order chi connectivity index (χ0) is 23.1. The van der Waals surface area contributed by atoms with Crippen molar-refractivity contribution in [3.63, 3.8) is 0 Å². The largest absolute Gasteiger partial charge is 0.350 e. The van der Waals surface area contributed by atoms with Crippen molar-refractivity contribution in [1.29, 1.82) is 0 Å². The van der Waals surface area contributed by atoms with Crippen LogP contribution in [0.1, 0.15) is 16.7 Å². The number of carbonyl (C=O) groups is 2. The van der Waals surface area contributed by atoms with E-state index in [0.717, 1.165) is 21.9 Å². The number of rotatable bonds is 4. The van der Waals surface area contributed by atoms with Crippen LogP contribution in [0.25, 0.3) is 16.3 Å². The molecule has 0 aromatic heterocycles. The average Bonchev–Trinajstić information content (AvgIpc) is 3.03. The fraction of sp³-hybridized carbons (Fsp3) is 0.0714. The maximum atomic E-state index is 13.8. The Kier molecular flexibility index (Phi) is 5.02. The molecule has 0 bridgehead atoms. The monoisotopic (exact) mass is 436 g/mol. The molecular weight excluding hydrogens is 415 g/mol. The normalized spacial score (nSPS) is 13.8. The van der Waals surface area contributed by atoms with Crippen LogP contribution < -0.4 is 10.2 Å². The van der Waals surface area contributed by atoms with Crippen LogP contribution >= 0.6 is 0 Å². The van der Waals surface area contributed by atoms with E-state index in [-0.39, 0.29) is 11.3 Å². The summed E-state index contributed by atoms with van der Waals surface area (Å²) in [5, 5.41) is 4.75. The van der Waals surface area contributed by atoms with E-state index in [2.05, 4.69) is 5.32 Å². The minimum Gasteiger partial charge on any atom is -0.350 e. The van der Waals surface area contributed by atoms with Crippen molar-refractivity contribution in [2.75, 3.05) is 10.2 Å². The average molecular weight is 436 g/mol. The van der Waals surface area contributed by atoms with Gasteiger partial charge in [-0.05, 0) is 54.6 Å². The van der Waals surface area contributed by atoms with Crippen LogP contribution in [0.2, 0.25) is 0 Å². The molecule has 4 aromatic rings. The van der Waals surface area contributed by atoms with Gasteiger partial charge < -0.3 is 5.32 Å². The number of hydrogen-bond donors (Lipinski definition) is 1. The molecule has 0 spiro atoms. The molecule has 2 amide bonds. The van der Waals surface area contributed by atoms with Crippen LogP contribution in [0, 0.1) is 19.7 Å². The molecule has 1 aliphatic heterocycles. The molecule has 5 heteroatoms. The summed E-state index contributed by atoms with van der Waals surface area (Å²) in [6.45, 7) is 3.88. The first kappa shape index (κ1) is 20.6. The number of hydrogen-bond acceptors (Lipinski definition) is 3. The SMILES string of the molecule is Cc1ccc(C2=C(Nc3cccc(F)c3)C(=O)N(c3cccc4ccccc34)C2=O)c(C)c1. The van der Waals surface area contributed by atoms with Gasteiger partial charge in [0.05, 0.1) is 11.3 Å². The summed E-state index contributed by atoms with van der Waals surface area (Å²) in [4.78, 5) is 28.7. The summed E-state index contributed by atoms with van der Waals surface area (Å²) in [5.74, 6) is -1.32. The molecular formula is C28H21FN2O2. The van der Waals surface area contributed by atoms with Gasteiger partial charge in [-0.3, -0.25) is 9.59 Å².